The Bertz CT molecular complexity index is 562. The first-order valence-corrected chi connectivity index (χ1v) is 5.96. The monoisotopic (exact) mass is 242 g/mol. The number of anilines is 1. The van der Waals surface area contributed by atoms with Crippen LogP contribution in [0.5, 0.6) is 0 Å². The van der Waals surface area contributed by atoms with Crippen LogP contribution in [0, 0.1) is 0 Å². The van der Waals surface area contributed by atoms with Gasteiger partial charge in [-0.05, 0) is 30.2 Å². The van der Waals surface area contributed by atoms with E-state index in [1.807, 2.05) is 12.1 Å². The van der Waals surface area contributed by atoms with Gasteiger partial charge in [-0.15, -0.1) is 0 Å². The third-order valence-corrected chi connectivity index (χ3v) is 3.15. The average molecular weight is 242 g/mol. The lowest BCUT2D eigenvalue weighted by atomic mass is 9.99. The van der Waals surface area contributed by atoms with Gasteiger partial charge in [0.05, 0.1) is 11.8 Å². The lowest BCUT2D eigenvalue weighted by molar-refractivity contribution is 0.102. The highest BCUT2D eigenvalue weighted by molar-refractivity contribution is 6.04. The van der Waals surface area contributed by atoms with Crippen molar-refractivity contribution in [2.24, 2.45) is 0 Å². The molecule has 0 unspecified atom stereocenters. The van der Waals surface area contributed by atoms with E-state index >= 15 is 0 Å². The molecule has 1 aliphatic rings. The summed E-state index contributed by atoms with van der Waals surface area (Å²) < 4.78 is 0. The van der Waals surface area contributed by atoms with E-state index < -0.39 is 0 Å². The highest BCUT2D eigenvalue weighted by Crippen LogP contribution is 2.23. The molecule has 0 fully saturated rings. The summed E-state index contributed by atoms with van der Waals surface area (Å²) in [4.78, 5) is 12.0. The third kappa shape index (κ3) is 2.00. The van der Waals surface area contributed by atoms with Crippen LogP contribution in [-0.2, 0) is 13.0 Å². The molecule has 3 rings (SSSR count). The Morgan fingerprint density at radius 1 is 1.39 bits per heavy atom. The lowest BCUT2D eigenvalue weighted by Crippen LogP contribution is -2.25. The predicted octanol–water partition coefficient (Wildman–Crippen LogP) is 1.31. The number of nitrogens with one attached hydrogen (secondary N) is 3. The number of amides is 1. The Kier molecular flexibility index (Phi) is 2.82. The van der Waals surface area contributed by atoms with E-state index in [0.29, 0.717) is 5.56 Å². The molecule has 0 aliphatic carbocycles. The molecule has 2 aromatic rings. The first-order valence-electron chi connectivity index (χ1n) is 5.96. The number of carbonyl (C=O) groups is 1. The van der Waals surface area contributed by atoms with E-state index in [1.54, 1.807) is 6.20 Å². The maximum Gasteiger partial charge on any atom is 0.258 e. The van der Waals surface area contributed by atoms with Crippen LogP contribution in [0.15, 0.2) is 30.6 Å². The van der Waals surface area contributed by atoms with Gasteiger partial charge in [0, 0.05) is 18.4 Å². The standard InChI is InChI=1S/C13H14N4O/c18-13(10-7-15-16-8-10)17-12-3-1-2-9-6-14-5-4-11(9)12/h1-3,7-8,14H,4-6H2,(H,15,16)(H,17,18). The Morgan fingerprint density at radius 3 is 3.17 bits per heavy atom. The van der Waals surface area contributed by atoms with Crippen LogP contribution >= 0.6 is 0 Å². The number of fused-ring (bicyclic) bond motifs is 1. The molecule has 0 saturated carbocycles. The van der Waals surface area contributed by atoms with Crippen molar-refractivity contribution in [3.05, 3.63) is 47.3 Å². The van der Waals surface area contributed by atoms with Gasteiger partial charge >= 0.3 is 0 Å². The summed E-state index contributed by atoms with van der Waals surface area (Å²) in [6, 6.07) is 6.01. The van der Waals surface area contributed by atoms with Gasteiger partial charge in [-0.25, -0.2) is 0 Å². The maximum absolute atomic E-state index is 12.0. The minimum Gasteiger partial charge on any atom is -0.322 e. The number of hydrogen-bond donors (Lipinski definition) is 3. The van der Waals surface area contributed by atoms with Crippen molar-refractivity contribution in [1.29, 1.82) is 0 Å². The molecule has 18 heavy (non-hydrogen) atoms. The number of rotatable bonds is 2. The van der Waals surface area contributed by atoms with Gasteiger partial charge in [0.25, 0.3) is 5.91 Å². The van der Waals surface area contributed by atoms with E-state index in [0.717, 1.165) is 25.2 Å². The largest absolute Gasteiger partial charge is 0.322 e. The molecule has 0 bridgehead atoms. The molecular weight excluding hydrogens is 228 g/mol. The first kappa shape index (κ1) is 11.0. The quantitative estimate of drug-likeness (QED) is 0.743. The number of nitrogens with zero attached hydrogens (tertiary/aromatic N) is 1. The number of aromatic nitrogens is 2. The molecule has 1 amide bonds. The van der Waals surface area contributed by atoms with E-state index in [2.05, 4.69) is 26.9 Å². The average Bonchev–Trinajstić information content (AvgIpc) is 2.93. The number of benzene rings is 1. The molecule has 0 radical (unpaired) electrons. The Balaban J connectivity index is 1.87. The summed E-state index contributed by atoms with van der Waals surface area (Å²) in [5.41, 5.74) is 3.93. The maximum atomic E-state index is 12.0. The smallest absolute Gasteiger partial charge is 0.258 e. The zero-order valence-electron chi connectivity index (χ0n) is 9.86. The summed E-state index contributed by atoms with van der Waals surface area (Å²) in [5, 5.41) is 12.7. The molecule has 0 atom stereocenters. The third-order valence-electron chi connectivity index (χ3n) is 3.15. The zero-order valence-corrected chi connectivity index (χ0v) is 9.86. The van der Waals surface area contributed by atoms with E-state index in [-0.39, 0.29) is 5.91 Å². The molecule has 1 aromatic heterocycles. The molecule has 92 valence electrons. The first-order chi connectivity index (χ1) is 8.84. The van der Waals surface area contributed by atoms with Crippen molar-refractivity contribution < 1.29 is 4.79 Å². The highest BCUT2D eigenvalue weighted by Gasteiger charge is 2.15. The second-order valence-electron chi connectivity index (χ2n) is 4.31. The Morgan fingerprint density at radius 2 is 2.33 bits per heavy atom. The normalized spacial score (nSPS) is 14.0. The summed E-state index contributed by atoms with van der Waals surface area (Å²) in [6.07, 6.45) is 4.05. The fraction of sp³-hybridized carbons (Fsp3) is 0.231. The predicted molar refractivity (Wildman–Crippen MR) is 68.4 cm³/mol. The van der Waals surface area contributed by atoms with Crippen molar-refractivity contribution >= 4 is 11.6 Å². The fourth-order valence-electron chi connectivity index (χ4n) is 2.22. The van der Waals surface area contributed by atoms with Gasteiger partial charge in [-0.3, -0.25) is 9.89 Å². The molecule has 5 nitrogen and oxygen atoms in total. The highest BCUT2D eigenvalue weighted by atomic mass is 16.1. The molecule has 1 aromatic carbocycles. The minimum atomic E-state index is -0.129. The van der Waals surface area contributed by atoms with E-state index in [9.17, 15) is 4.79 Å². The summed E-state index contributed by atoms with van der Waals surface area (Å²) in [7, 11) is 0. The van der Waals surface area contributed by atoms with Gasteiger partial charge in [0.1, 0.15) is 0 Å². The van der Waals surface area contributed by atoms with Crippen molar-refractivity contribution in [3.8, 4) is 0 Å². The molecule has 0 saturated heterocycles. The van der Waals surface area contributed by atoms with Crippen LogP contribution in [0.4, 0.5) is 5.69 Å². The van der Waals surface area contributed by atoms with E-state index in [1.165, 1.54) is 17.3 Å². The van der Waals surface area contributed by atoms with Crippen molar-refractivity contribution in [2.75, 3.05) is 11.9 Å². The second-order valence-corrected chi connectivity index (χ2v) is 4.31. The summed E-state index contributed by atoms with van der Waals surface area (Å²) in [5.74, 6) is -0.129. The van der Waals surface area contributed by atoms with Crippen LogP contribution in [0.3, 0.4) is 0 Å². The SMILES string of the molecule is O=C(Nc1cccc2c1CCNC2)c1cn[nH]c1. The molecule has 1 aliphatic heterocycles. The second kappa shape index (κ2) is 4.62. The number of H-pyrrole nitrogens is 1. The fourth-order valence-corrected chi connectivity index (χ4v) is 2.22. The molecule has 2 heterocycles. The van der Waals surface area contributed by atoms with Gasteiger partial charge in [0.15, 0.2) is 0 Å². The molecular formula is C13H14N4O. The molecule has 5 heteroatoms. The van der Waals surface area contributed by atoms with Crippen LogP contribution < -0.4 is 10.6 Å². The van der Waals surface area contributed by atoms with Crippen LogP contribution in [-0.4, -0.2) is 22.6 Å². The molecule has 3 N–H and O–H groups in total. The van der Waals surface area contributed by atoms with Crippen LogP contribution in [0.1, 0.15) is 21.5 Å². The summed E-state index contributed by atoms with van der Waals surface area (Å²) in [6.45, 7) is 1.82. The Labute approximate surface area is 105 Å². The van der Waals surface area contributed by atoms with Gasteiger partial charge < -0.3 is 10.6 Å². The van der Waals surface area contributed by atoms with Gasteiger partial charge in [0.2, 0.25) is 0 Å². The van der Waals surface area contributed by atoms with Crippen LogP contribution in [0.25, 0.3) is 0 Å². The topological polar surface area (TPSA) is 69.8 Å². The zero-order chi connectivity index (χ0) is 12.4. The van der Waals surface area contributed by atoms with Crippen molar-refractivity contribution in [3.63, 3.8) is 0 Å². The van der Waals surface area contributed by atoms with Crippen molar-refractivity contribution in [1.82, 2.24) is 15.5 Å². The van der Waals surface area contributed by atoms with Crippen molar-refractivity contribution in [2.45, 2.75) is 13.0 Å². The minimum absolute atomic E-state index is 0.129. The Hall–Kier alpha value is -2.14. The van der Waals surface area contributed by atoms with Gasteiger partial charge in [-0.1, -0.05) is 12.1 Å². The lowest BCUT2D eigenvalue weighted by Gasteiger charge is -2.20. The van der Waals surface area contributed by atoms with Crippen LogP contribution in [0.2, 0.25) is 0 Å². The number of hydrogen-bond acceptors (Lipinski definition) is 3. The summed E-state index contributed by atoms with van der Waals surface area (Å²) >= 11 is 0. The number of carbonyl (C=O) groups excluding carboxylic acids is 1. The number of aromatic amines is 1. The van der Waals surface area contributed by atoms with Gasteiger partial charge in [-0.2, -0.15) is 5.10 Å². The molecule has 0 spiro atoms. The van der Waals surface area contributed by atoms with E-state index in [4.69, 9.17) is 0 Å².